The van der Waals surface area contributed by atoms with Gasteiger partial charge in [-0.15, -0.1) is 0 Å². The molecule has 2 aromatic rings. The summed E-state index contributed by atoms with van der Waals surface area (Å²) in [6.45, 7) is -0.176. The molecule has 0 aliphatic carbocycles. The largest absolute Gasteiger partial charge is 0.493 e. The number of nitrogens with zero attached hydrogens (tertiary/aromatic N) is 2. The Balaban J connectivity index is 2.08. The van der Waals surface area contributed by atoms with Crippen LogP contribution in [-0.2, 0) is 14.8 Å². The highest BCUT2D eigenvalue weighted by atomic mass is 32.2. The second-order valence-corrected chi connectivity index (χ2v) is 8.29. The van der Waals surface area contributed by atoms with E-state index in [4.69, 9.17) is 14.2 Å². The molecule has 14 nitrogen and oxygen atoms in total. The summed E-state index contributed by atoms with van der Waals surface area (Å²) in [7, 11) is -1.33. The number of carbonyl (C=O) groups is 1. The minimum atomic E-state index is -4.09. The van der Waals surface area contributed by atoms with Gasteiger partial charge in [-0.25, -0.2) is 13.1 Å². The second-order valence-electron chi connectivity index (χ2n) is 6.53. The second kappa shape index (κ2) is 11.9. The Labute approximate surface area is 194 Å². The summed E-state index contributed by atoms with van der Waals surface area (Å²) in [5.74, 6) is -0.714. The summed E-state index contributed by atoms with van der Waals surface area (Å²) in [6.07, 6.45) is 0. The van der Waals surface area contributed by atoms with E-state index in [2.05, 4.69) is 10.0 Å². The molecule has 0 radical (unpaired) electrons. The normalized spacial score (nSPS) is 11.0. The van der Waals surface area contributed by atoms with Gasteiger partial charge in [0, 0.05) is 38.4 Å². The maximum atomic E-state index is 12.5. The first-order valence-electron chi connectivity index (χ1n) is 9.61. The van der Waals surface area contributed by atoms with E-state index in [9.17, 15) is 33.4 Å². The Morgan fingerprint density at radius 3 is 2.35 bits per heavy atom. The number of carbonyl (C=O) groups excluding carboxylic acids is 1. The van der Waals surface area contributed by atoms with Crippen LogP contribution in [0.15, 0.2) is 41.3 Å². The third kappa shape index (κ3) is 6.84. The first kappa shape index (κ1) is 26.4. The van der Waals surface area contributed by atoms with E-state index in [1.165, 1.54) is 26.4 Å². The summed E-state index contributed by atoms with van der Waals surface area (Å²) in [4.78, 5) is 33.0. The van der Waals surface area contributed by atoms with Crippen molar-refractivity contribution >= 4 is 27.3 Å². The number of nitro groups is 2. The van der Waals surface area contributed by atoms with E-state index < -0.39 is 37.2 Å². The van der Waals surface area contributed by atoms with E-state index in [1.807, 2.05) is 0 Å². The molecular formula is C19H22N4O10S. The van der Waals surface area contributed by atoms with Crippen molar-refractivity contribution in [3.63, 3.8) is 0 Å². The molecule has 0 bridgehead atoms. The zero-order valence-corrected chi connectivity index (χ0v) is 19.0. The van der Waals surface area contributed by atoms with Crippen molar-refractivity contribution in [2.45, 2.75) is 4.90 Å². The summed E-state index contributed by atoms with van der Waals surface area (Å²) in [5.41, 5.74) is -1.25. The average Bonchev–Trinajstić information content (AvgIpc) is 2.81. The van der Waals surface area contributed by atoms with Crippen LogP contribution < -0.4 is 19.5 Å². The Morgan fingerprint density at radius 2 is 1.74 bits per heavy atom. The molecular weight excluding hydrogens is 476 g/mol. The van der Waals surface area contributed by atoms with Gasteiger partial charge in [0.25, 0.3) is 17.3 Å². The van der Waals surface area contributed by atoms with E-state index >= 15 is 0 Å². The number of sulfonamides is 1. The molecule has 0 atom stereocenters. The molecule has 0 aliphatic heterocycles. The SMILES string of the molecule is COCCOc1cc([N+](=O)[O-])c(C(=O)NCCNS(=O)(=O)c2cccc([N+](=O)[O-])c2)cc1OC. The molecule has 2 N–H and O–H groups in total. The van der Waals surface area contributed by atoms with Crippen molar-refractivity contribution in [2.75, 3.05) is 40.5 Å². The number of nitro benzene ring substituents is 2. The number of ether oxygens (including phenoxy) is 3. The Kier molecular flexibility index (Phi) is 9.23. The molecule has 0 aliphatic rings. The highest BCUT2D eigenvalue weighted by molar-refractivity contribution is 7.89. The van der Waals surface area contributed by atoms with E-state index in [0.717, 1.165) is 24.3 Å². The van der Waals surface area contributed by atoms with Gasteiger partial charge in [-0.3, -0.25) is 25.0 Å². The predicted molar refractivity (Wildman–Crippen MR) is 118 cm³/mol. The molecule has 1 amide bonds. The highest BCUT2D eigenvalue weighted by Gasteiger charge is 2.25. The van der Waals surface area contributed by atoms with Crippen LogP contribution in [0.1, 0.15) is 10.4 Å². The Hall–Kier alpha value is -3.82. The number of nitrogens with one attached hydrogen (secondary N) is 2. The fraction of sp³-hybridized carbons (Fsp3) is 0.316. The fourth-order valence-electron chi connectivity index (χ4n) is 2.69. The van der Waals surface area contributed by atoms with E-state index in [-0.39, 0.29) is 48.3 Å². The highest BCUT2D eigenvalue weighted by Crippen LogP contribution is 2.34. The molecule has 0 spiro atoms. The van der Waals surface area contributed by atoms with Crippen LogP contribution in [0, 0.1) is 20.2 Å². The van der Waals surface area contributed by atoms with Crippen molar-refractivity contribution in [3.05, 3.63) is 62.2 Å². The lowest BCUT2D eigenvalue weighted by molar-refractivity contribution is -0.385. The van der Waals surface area contributed by atoms with Gasteiger partial charge in [-0.1, -0.05) is 6.07 Å². The van der Waals surface area contributed by atoms with Crippen LogP contribution >= 0.6 is 0 Å². The molecule has 0 fully saturated rings. The molecule has 0 saturated carbocycles. The molecule has 2 rings (SSSR count). The maximum Gasteiger partial charge on any atom is 0.286 e. The fourth-order valence-corrected chi connectivity index (χ4v) is 3.76. The molecule has 0 aromatic heterocycles. The molecule has 0 unspecified atom stereocenters. The van der Waals surface area contributed by atoms with Crippen LogP contribution in [-0.4, -0.2) is 64.7 Å². The van der Waals surface area contributed by atoms with Crippen LogP contribution in [0.2, 0.25) is 0 Å². The average molecular weight is 498 g/mol. The molecule has 184 valence electrons. The molecule has 15 heteroatoms. The third-order valence-corrected chi connectivity index (χ3v) is 5.77. The first-order chi connectivity index (χ1) is 16.1. The van der Waals surface area contributed by atoms with Gasteiger partial charge in [0.1, 0.15) is 12.2 Å². The van der Waals surface area contributed by atoms with Gasteiger partial charge in [0.2, 0.25) is 10.0 Å². The number of rotatable bonds is 13. The van der Waals surface area contributed by atoms with Crippen LogP contribution in [0.5, 0.6) is 11.5 Å². The summed E-state index contributed by atoms with van der Waals surface area (Å²) in [5, 5.41) is 24.7. The molecule has 0 heterocycles. The van der Waals surface area contributed by atoms with E-state index in [1.54, 1.807) is 0 Å². The quantitative estimate of drug-likeness (QED) is 0.231. The van der Waals surface area contributed by atoms with Crippen molar-refractivity contribution in [1.82, 2.24) is 10.0 Å². The number of hydrogen-bond acceptors (Lipinski definition) is 10. The maximum absolute atomic E-state index is 12.5. The third-order valence-electron chi connectivity index (χ3n) is 4.31. The minimum absolute atomic E-state index is 0.0486. The predicted octanol–water partition coefficient (Wildman–Crippen LogP) is 1.25. The topological polar surface area (TPSA) is 189 Å². The summed E-state index contributed by atoms with van der Waals surface area (Å²) < 4.78 is 42.2. The lowest BCUT2D eigenvalue weighted by Gasteiger charge is -2.13. The van der Waals surface area contributed by atoms with Gasteiger partial charge in [0.05, 0.1) is 34.5 Å². The van der Waals surface area contributed by atoms with Crippen molar-refractivity contribution in [3.8, 4) is 11.5 Å². The lowest BCUT2D eigenvalue weighted by atomic mass is 10.1. The monoisotopic (exact) mass is 498 g/mol. The van der Waals surface area contributed by atoms with Gasteiger partial charge in [-0.05, 0) is 6.07 Å². The smallest absolute Gasteiger partial charge is 0.286 e. The lowest BCUT2D eigenvalue weighted by Crippen LogP contribution is -2.35. The Bertz CT molecular complexity index is 1170. The van der Waals surface area contributed by atoms with Crippen LogP contribution in [0.25, 0.3) is 0 Å². The van der Waals surface area contributed by atoms with Gasteiger partial charge in [-0.2, -0.15) is 0 Å². The number of amides is 1. The zero-order chi connectivity index (χ0) is 25.3. The summed E-state index contributed by atoms with van der Waals surface area (Å²) >= 11 is 0. The van der Waals surface area contributed by atoms with Gasteiger partial charge in [0.15, 0.2) is 11.5 Å². The standard InChI is InChI=1S/C19H22N4O10S/c1-31-8-9-33-18-12-16(23(27)28)15(11-17(18)32-2)19(24)20-6-7-21-34(29,30)14-5-3-4-13(10-14)22(25)26/h3-5,10-12,21H,6-9H2,1-2H3,(H,20,24). The van der Waals surface area contributed by atoms with Gasteiger partial charge >= 0.3 is 0 Å². The zero-order valence-electron chi connectivity index (χ0n) is 18.2. The molecule has 2 aromatic carbocycles. The van der Waals surface area contributed by atoms with Crippen molar-refractivity contribution in [2.24, 2.45) is 0 Å². The van der Waals surface area contributed by atoms with Crippen molar-refractivity contribution in [1.29, 1.82) is 0 Å². The van der Waals surface area contributed by atoms with Crippen molar-refractivity contribution < 1.29 is 37.3 Å². The number of benzene rings is 2. The molecule has 34 heavy (non-hydrogen) atoms. The summed E-state index contributed by atoms with van der Waals surface area (Å²) in [6, 6.07) is 6.64. The number of hydrogen-bond donors (Lipinski definition) is 2. The van der Waals surface area contributed by atoms with Crippen LogP contribution in [0.3, 0.4) is 0 Å². The van der Waals surface area contributed by atoms with Crippen LogP contribution in [0.4, 0.5) is 11.4 Å². The first-order valence-corrected chi connectivity index (χ1v) is 11.1. The number of non-ortho nitro benzene ring substituents is 1. The number of methoxy groups -OCH3 is 2. The Morgan fingerprint density at radius 1 is 1.00 bits per heavy atom. The van der Waals surface area contributed by atoms with Gasteiger partial charge < -0.3 is 19.5 Å². The molecule has 0 saturated heterocycles. The minimum Gasteiger partial charge on any atom is -0.493 e. The van der Waals surface area contributed by atoms with E-state index in [0.29, 0.717) is 0 Å².